The maximum absolute atomic E-state index is 13.6. The molecule has 0 aliphatic carbocycles. The molecule has 132 valence electrons. The molecule has 25 heavy (non-hydrogen) atoms. The smallest absolute Gasteiger partial charge is 0.234 e. The molecule has 1 amide bonds. The molecule has 2 heterocycles. The number of fused-ring (bicyclic) bond motifs is 1. The predicted octanol–water partition coefficient (Wildman–Crippen LogP) is 1.36. The number of aromatic nitrogens is 2. The lowest BCUT2D eigenvalue weighted by atomic mass is 10.1. The minimum Gasteiger partial charge on any atom is -0.362 e. The van der Waals surface area contributed by atoms with Crippen molar-refractivity contribution in [3.8, 4) is 0 Å². The minimum atomic E-state index is -0.303. The number of amides is 1. The molecule has 6 nitrogen and oxygen atoms in total. The van der Waals surface area contributed by atoms with Gasteiger partial charge in [0.25, 0.3) is 0 Å². The summed E-state index contributed by atoms with van der Waals surface area (Å²) >= 11 is 0. The SMILES string of the molecule is CN(C)c1ncnc2c1CN(CC(=O)NCc1ccccc1F)CC2. The van der Waals surface area contributed by atoms with Gasteiger partial charge in [0.1, 0.15) is 18.0 Å². The highest BCUT2D eigenvalue weighted by atomic mass is 19.1. The first-order valence-corrected chi connectivity index (χ1v) is 8.27. The molecular weight excluding hydrogens is 321 g/mol. The monoisotopic (exact) mass is 343 g/mol. The fraction of sp³-hybridized carbons (Fsp3) is 0.389. The molecule has 0 bridgehead atoms. The van der Waals surface area contributed by atoms with Crippen molar-refractivity contribution in [1.29, 1.82) is 0 Å². The van der Waals surface area contributed by atoms with E-state index in [-0.39, 0.29) is 24.8 Å². The van der Waals surface area contributed by atoms with Crippen LogP contribution in [0.3, 0.4) is 0 Å². The van der Waals surface area contributed by atoms with Gasteiger partial charge in [0, 0.05) is 51.3 Å². The largest absolute Gasteiger partial charge is 0.362 e. The highest BCUT2D eigenvalue weighted by molar-refractivity contribution is 5.78. The van der Waals surface area contributed by atoms with E-state index in [0.717, 1.165) is 30.0 Å². The van der Waals surface area contributed by atoms with E-state index in [1.165, 1.54) is 6.07 Å². The Kier molecular flexibility index (Phi) is 5.23. The molecule has 1 N–H and O–H groups in total. The maximum atomic E-state index is 13.6. The van der Waals surface area contributed by atoms with Gasteiger partial charge in [0.05, 0.1) is 12.2 Å². The molecule has 0 saturated carbocycles. The molecule has 0 fully saturated rings. The van der Waals surface area contributed by atoms with Crippen molar-refractivity contribution in [1.82, 2.24) is 20.2 Å². The molecule has 0 spiro atoms. The number of halogens is 1. The van der Waals surface area contributed by atoms with Crippen LogP contribution in [0.15, 0.2) is 30.6 Å². The molecule has 1 aliphatic rings. The molecule has 1 aromatic carbocycles. The van der Waals surface area contributed by atoms with E-state index in [4.69, 9.17) is 0 Å². The number of hydrogen-bond acceptors (Lipinski definition) is 5. The first-order chi connectivity index (χ1) is 12.0. The summed E-state index contributed by atoms with van der Waals surface area (Å²) in [6.07, 6.45) is 2.38. The zero-order chi connectivity index (χ0) is 17.8. The Bertz CT molecular complexity index is 765. The third-order valence-electron chi connectivity index (χ3n) is 4.28. The van der Waals surface area contributed by atoms with E-state index >= 15 is 0 Å². The summed E-state index contributed by atoms with van der Waals surface area (Å²) in [5.41, 5.74) is 2.60. The second-order valence-corrected chi connectivity index (χ2v) is 6.35. The van der Waals surface area contributed by atoms with Crippen LogP contribution in [0.25, 0.3) is 0 Å². The van der Waals surface area contributed by atoms with Gasteiger partial charge in [0.15, 0.2) is 0 Å². The topological polar surface area (TPSA) is 61.4 Å². The van der Waals surface area contributed by atoms with Gasteiger partial charge in [-0.1, -0.05) is 18.2 Å². The van der Waals surface area contributed by atoms with Crippen molar-refractivity contribution in [2.24, 2.45) is 0 Å². The second kappa shape index (κ2) is 7.57. The standard InChI is InChI=1S/C18H22FN5O/c1-23(2)18-14-10-24(8-7-16(14)21-12-22-18)11-17(25)20-9-13-5-3-4-6-15(13)19/h3-6,12H,7-11H2,1-2H3,(H,20,25). The van der Waals surface area contributed by atoms with Crippen molar-refractivity contribution >= 4 is 11.7 Å². The first kappa shape index (κ1) is 17.3. The zero-order valence-electron chi connectivity index (χ0n) is 14.5. The second-order valence-electron chi connectivity index (χ2n) is 6.35. The van der Waals surface area contributed by atoms with E-state index in [9.17, 15) is 9.18 Å². The molecule has 0 unspecified atom stereocenters. The Balaban J connectivity index is 1.59. The van der Waals surface area contributed by atoms with Crippen LogP contribution in [0.5, 0.6) is 0 Å². The molecular formula is C18H22FN5O. The number of nitrogens with one attached hydrogen (secondary N) is 1. The van der Waals surface area contributed by atoms with Gasteiger partial charge in [-0.3, -0.25) is 9.69 Å². The van der Waals surface area contributed by atoms with E-state index in [1.807, 2.05) is 19.0 Å². The van der Waals surface area contributed by atoms with Crippen LogP contribution >= 0.6 is 0 Å². The van der Waals surface area contributed by atoms with Gasteiger partial charge < -0.3 is 10.2 Å². The zero-order valence-corrected chi connectivity index (χ0v) is 14.5. The van der Waals surface area contributed by atoms with Gasteiger partial charge >= 0.3 is 0 Å². The Hall–Kier alpha value is -2.54. The average Bonchev–Trinajstić information content (AvgIpc) is 2.60. The first-order valence-electron chi connectivity index (χ1n) is 8.27. The number of benzene rings is 1. The molecule has 0 atom stereocenters. The molecule has 2 aromatic rings. The van der Waals surface area contributed by atoms with E-state index in [2.05, 4.69) is 20.2 Å². The quantitative estimate of drug-likeness (QED) is 0.888. The summed E-state index contributed by atoms with van der Waals surface area (Å²) in [5, 5.41) is 2.79. The normalized spacial score (nSPS) is 14.0. The number of nitrogens with zero attached hydrogens (tertiary/aromatic N) is 4. The number of carbonyl (C=O) groups is 1. The van der Waals surface area contributed by atoms with Crippen LogP contribution < -0.4 is 10.2 Å². The lowest BCUT2D eigenvalue weighted by Gasteiger charge is -2.29. The van der Waals surface area contributed by atoms with Crippen LogP contribution in [-0.2, 0) is 24.3 Å². The molecule has 1 aromatic heterocycles. The minimum absolute atomic E-state index is 0.116. The predicted molar refractivity (Wildman–Crippen MR) is 93.6 cm³/mol. The fourth-order valence-electron chi connectivity index (χ4n) is 3.00. The van der Waals surface area contributed by atoms with Crippen LogP contribution in [0.2, 0.25) is 0 Å². The number of hydrogen-bond donors (Lipinski definition) is 1. The molecule has 0 radical (unpaired) electrons. The van der Waals surface area contributed by atoms with Gasteiger partial charge in [-0.15, -0.1) is 0 Å². The van der Waals surface area contributed by atoms with E-state index < -0.39 is 0 Å². The highest BCUT2D eigenvalue weighted by Gasteiger charge is 2.23. The summed E-state index contributed by atoms with van der Waals surface area (Å²) in [6.45, 7) is 1.87. The van der Waals surface area contributed by atoms with Gasteiger partial charge in [-0.05, 0) is 6.07 Å². The average molecular weight is 343 g/mol. The van der Waals surface area contributed by atoms with Crippen LogP contribution in [0.4, 0.5) is 10.2 Å². The summed E-state index contributed by atoms with van der Waals surface area (Å²) in [7, 11) is 3.89. The summed E-state index contributed by atoms with van der Waals surface area (Å²) < 4.78 is 13.6. The summed E-state index contributed by atoms with van der Waals surface area (Å²) in [4.78, 5) is 24.9. The van der Waals surface area contributed by atoms with Crippen molar-refractivity contribution in [3.05, 3.63) is 53.2 Å². The van der Waals surface area contributed by atoms with Gasteiger partial charge in [-0.25, -0.2) is 14.4 Å². The molecule has 1 aliphatic heterocycles. The third-order valence-corrected chi connectivity index (χ3v) is 4.28. The number of carbonyl (C=O) groups excluding carboxylic acids is 1. The van der Waals surface area contributed by atoms with Crippen LogP contribution in [0, 0.1) is 5.82 Å². The number of rotatable bonds is 5. The van der Waals surface area contributed by atoms with Crippen molar-refractivity contribution < 1.29 is 9.18 Å². The molecule has 3 rings (SSSR count). The van der Waals surface area contributed by atoms with Gasteiger partial charge in [0.2, 0.25) is 5.91 Å². The van der Waals surface area contributed by atoms with E-state index in [1.54, 1.807) is 24.5 Å². The Labute approximate surface area is 146 Å². The third kappa shape index (κ3) is 4.11. The van der Waals surface area contributed by atoms with Gasteiger partial charge in [-0.2, -0.15) is 0 Å². The maximum Gasteiger partial charge on any atom is 0.234 e. The molecule has 0 saturated heterocycles. The Morgan fingerprint density at radius 3 is 2.88 bits per heavy atom. The lowest BCUT2D eigenvalue weighted by molar-refractivity contribution is -0.122. The highest BCUT2D eigenvalue weighted by Crippen LogP contribution is 2.24. The van der Waals surface area contributed by atoms with E-state index in [0.29, 0.717) is 12.1 Å². The Morgan fingerprint density at radius 2 is 2.12 bits per heavy atom. The van der Waals surface area contributed by atoms with Crippen molar-refractivity contribution in [3.63, 3.8) is 0 Å². The summed E-state index contributed by atoms with van der Waals surface area (Å²) in [6, 6.07) is 6.46. The van der Waals surface area contributed by atoms with Crippen molar-refractivity contribution in [2.45, 2.75) is 19.5 Å². The fourth-order valence-corrected chi connectivity index (χ4v) is 3.00. The molecule has 7 heteroatoms. The van der Waals surface area contributed by atoms with Crippen LogP contribution in [0.1, 0.15) is 16.8 Å². The van der Waals surface area contributed by atoms with Crippen LogP contribution in [-0.4, -0.2) is 48.0 Å². The lowest BCUT2D eigenvalue weighted by Crippen LogP contribution is -2.40. The Morgan fingerprint density at radius 1 is 1.32 bits per heavy atom. The van der Waals surface area contributed by atoms with Crippen molar-refractivity contribution in [2.75, 3.05) is 32.1 Å². The summed E-state index contributed by atoms with van der Waals surface area (Å²) in [5.74, 6) is 0.471. The number of anilines is 1.